The van der Waals surface area contributed by atoms with Crippen LogP contribution in [0.4, 0.5) is 0 Å². The largest absolute Gasteiger partial charge is 0.103 e. The van der Waals surface area contributed by atoms with Crippen molar-refractivity contribution < 1.29 is 0 Å². The molecule has 2 rings (SSSR count). The second-order valence-electron chi connectivity index (χ2n) is 3.13. The summed E-state index contributed by atoms with van der Waals surface area (Å²) in [6, 6.07) is 22.3. The Labute approximate surface area is 91.9 Å². The fourth-order valence-corrected chi connectivity index (χ4v) is 1.17. The molecule has 0 atom stereocenters. The lowest BCUT2D eigenvalue weighted by atomic mass is 10.2. The van der Waals surface area contributed by atoms with E-state index in [9.17, 15) is 0 Å². The maximum Gasteiger partial charge on any atom is -0.0100 e. The average molecular weight is 196 g/mol. The lowest BCUT2D eigenvalue weighted by Crippen LogP contribution is -1.75. The smallest absolute Gasteiger partial charge is 0.0100 e. The summed E-state index contributed by atoms with van der Waals surface area (Å²) in [5.41, 5.74) is 1.33. The van der Waals surface area contributed by atoms with Gasteiger partial charge in [-0.1, -0.05) is 72.8 Å². The molecule has 0 fully saturated rings. The van der Waals surface area contributed by atoms with Crippen molar-refractivity contribution in [3.8, 4) is 0 Å². The van der Waals surface area contributed by atoms with Gasteiger partial charge in [0.2, 0.25) is 0 Å². The molecule has 0 amide bonds. The highest BCUT2D eigenvalue weighted by Crippen LogP contribution is 1.98. The van der Waals surface area contributed by atoms with Gasteiger partial charge in [-0.25, -0.2) is 0 Å². The van der Waals surface area contributed by atoms with Gasteiger partial charge in [0.05, 0.1) is 0 Å². The normalized spacial score (nSPS) is 8.53. The fourth-order valence-electron chi connectivity index (χ4n) is 1.17. The molecule has 76 valence electrons. The number of benzene rings is 2. The van der Waals surface area contributed by atoms with Crippen molar-refractivity contribution in [3.05, 3.63) is 84.9 Å². The van der Waals surface area contributed by atoms with Gasteiger partial charge in [-0.3, -0.25) is 0 Å². The number of hydrogen-bond donors (Lipinski definition) is 0. The average Bonchev–Trinajstić information content (AvgIpc) is 2.34. The molecule has 0 aliphatic rings. The molecule has 2 aromatic carbocycles. The summed E-state index contributed by atoms with van der Waals surface area (Å²) in [5, 5.41) is 0. The van der Waals surface area contributed by atoms with Crippen LogP contribution >= 0.6 is 0 Å². The van der Waals surface area contributed by atoms with Crippen LogP contribution in [0, 0.1) is 0 Å². The van der Waals surface area contributed by atoms with Crippen molar-refractivity contribution in [2.45, 2.75) is 6.42 Å². The summed E-state index contributed by atoms with van der Waals surface area (Å²) in [7, 11) is 0. The van der Waals surface area contributed by atoms with Crippen molar-refractivity contribution in [3.63, 3.8) is 0 Å². The van der Waals surface area contributed by atoms with Gasteiger partial charge in [0.15, 0.2) is 0 Å². The van der Waals surface area contributed by atoms with Crippen LogP contribution in [0.3, 0.4) is 0 Å². The van der Waals surface area contributed by atoms with Crippen molar-refractivity contribution in [2.24, 2.45) is 0 Å². The van der Waals surface area contributed by atoms with Gasteiger partial charge in [-0.2, -0.15) is 0 Å². The van der Waals surface area contributed by atoms with E-state index in [0.717, 1.165) is 6.42 Å². The van der Waals surface area contributed by atoms with Crippen molar-refractivity contribution in [1.29, 1.82) is 0 Å². The van der Waals surface area contributed by atoms with Gasteiger partial charge < -0.3 is 0 Å². The maximum atomic E-state index is 3.66. The van der Waals surface area contributed by atoms with Crippen LogP contribution in [0.25, 0.3) is 0 Å². The molecule has 0 N–H and O–H groups in total. The molecule has 0 unspecified atom stereocenters. The zero-order valence-electron chi connectivity index (χ0n) is 8.84. The summed E-state index contributed by atoms with van der Waals surface area (Å²) in [4.78, 5) is 0. The van der Waals surface area contributed by atoms with Crippen LogP contribution in [-0.2, 0) is 6.42 Å². The van der Waals surface area contributed by atoms with E-state index in [2.05, 4.69) is 18.7 Å². The van der Waals surface area contributed by atoms with E-state index in [4.69, 9.17) is 0 Å². The van der Waals surface area contributed by atoms with E-state index in [1.54, 1.807) is 0 Å². The molecule has 0 bridgehead atoms. The standard InChI is InChI=1S/C9H10.C6H6/c1-2-6-9-7-4-3-5-8-9;1-2-4-6-5-3-1/h2-5,7-8H,1,6H2;1-6H. The van der Waals surface area contributed by atoms with E-state index < -0.39 is 0 Å². The Kier molecular flexibility index (Phi) is 5.68. The molecule has 0 heteroatoms. The predicted octanol–water partition coefficient (Wildman–Crippen LogP) is 4.10. The van der Waals surface area contributed by atoms with E-state index in [1.165, 1.54) is 5.56 Å². The molecule has 0 heterocycles. The first kappa shape index (κ1) is 11.3. The molecule has 0 aromatic heterocycles. The van der Waals surface area contributed by atoms with Crippen LogP contribution < -0.4 is 0 Å². The summed E-state index contributed by atoms with van der Waals surface area (Å²) in [6.07, 6.45) is 2.89. The van der Waals surface area contributed by atoms with E-state index >= 15 is 0 Å². The Balaban J connectivity index is 0.000000162. The molecule has 0 aliphatic heterocycles. The zero-order valence-corrected chi connectivity index (χ0v) is 8.84. The SMILES string of the molecule is C=CCc1ccccc1.c1ccccc1. The first-order chi connectivity index (χ1) is 7.43. The molecule has 0 radical (unpaired) electrons. The van der Waals surface area contributed by atoms with Gasteiger partial charge in [0.25, 0.3) is 0 Å². The van der Waals surface area contributed by atoms with Gasteiger partial charge in [-0.05, 0) is 12.0 Å². The van der Waals surface area contributed by atoms with E-state index in [1.807, 2.05) is 60.7 Å². The Hall–Kier alpha value is -1.82. The van der Waals surface area contributed by atoms with Gasteiger partial charge in [0, 0.05) is 0 Å². The summed E-state index contributed by atoms with van der Waals surface area (Å²) in [6.45, 7) is 3.66. The van der Waals surface area contributed by atoms with Crippen molar-refractivity contribution in [2.75, 3.05) is 0 Å². The number of allylic oxidation sites excluding steroid dienone is 1. The quantitative estimate of drug-likeness (QED) is 0.634. The van der Waals surface area contributed by atoms with Crippen LogP contribution in [0.1, 0.15) is 5.56 Å². The Morgan fingerprint density at radius 3 is 1.53 bits per heavy atom. The highest BCUT2D eigenvalue weighted by molar-refractivity contribution is 5.16. The molecule has 2 aromatic rings. The molecule has 15 heavy (non-hydrogen) atoms. The first-order valence-electron chi connectivity index (χ1n) is 5.08. The van der Waals surface area contributed by atoms with E-state index in [-0.39, 0.29) is 0 Å². The molecule has 0 spiro atoms. The second-order valence-corrected chi connectivity index (χ2v) is 3.13. The lowest BCUT2D eigenvalue weighted by Gasteiger charge is -1.91. The van der Waals surface area contributed by atoms with Crippen LogP contribution in [0.2, 0.25) is 0 Å². The third kappa shape index (κ3) is 5.48. The molecule has 0 aliphatic carbocycles. The second kappa shape index (κ2) is 7.57. The zero-order chi connectivity index (χ0) is 10.8. The van der Waals surface area contributed by atoms with Gasteiger partial charge in [-0.15, -0.1) is 6.58 Å². The van der Waals surface area contributed by atoms with Crippen molar-refractivity contribution >= 4 is 0 Å². The molecule has 0 saturated heterocycles. The van der Waals surface area contributed by atoms with Crippen LogP contribution in [0.5, 0.6) is 0 Å². The van der Waals surface area contributed by atoms with Gasteiger partial charge in [0.1, 0.15) is 0 Å². The number of rotatable bonds is 2. The Morgan fingerprint density at radius 1 is 0.733 bits per heavy atom. The van der Waals surface area contributed by atoms with Crippen molar-refractivity contribution in [1.82, 2.24) is 0 Å². The minimum absolute atomic E-state index is 0.973. The third-order valence-electron chi connectivity index (χ3n) is 1.89. The highest BCUT2D eigenvalue weighted by Gasteiger charge is 1.82. The first-order valence-corrected chi connectivity index (χ1v) is 5.08. The molecular weight excluding hydrogens is 180 g/mol. The molecule has 0 nitrogen and oxygen atoms in total. The highest BCUT2D eigenvalue weighted by atomic mass is 13.9. The summed E-state index contributed by atoms with van der Waals surface area (Å²) >= 11 is 0. The van der Waals surface area contributed by atoms with Gasteiger partial charge >= 0.3 is 0 Å². The van der Waals surface area contributed by atoms with Crippen LogP contribution in [0.15, 0.2) is 79.4 Å². The fraction of sp³-hybridized carbons (Fsp3) is 0.0667. The topological polar surface area (TPSA) is 0 Å². The lowest BCUT2D eigenvalue weighted by molar-refractivity contribution is 1.28. The minimum atomic E-state index is 0.973. The van der Waals surface area contributed by atoms with Crippen LogP contribution in [-0.4, -0.2) is 0 Å². The Morgan fingerprint density at radius 2 is 1.13 bits per heavy atom. The molecule has 0 saturated carbocycles. The predicted molar refractivity (Wildman–Crippen MR) is 66.8 cm³/mol. The van der Waals surface area contributed by atoms with E-state index in [0.29, 0.717) is 0 Å². The summed E-state index contributed by atoms with van der Waals surface area (Å²) in [5.74, 6) is 0. The Bertz CT molecular complexity index is 322. The molecular formula is C15H16. The third-order valence-corrected chi connectivity index (χ3v) is 1.89. The number of hydrogen-bond acceptors (Lipinski definition) is 0. The monoisotopic (exact) mass is 196 g/mol. The summed E-state index contributed by atoms with van der Waals surface area (Å²) < 4.78 is 0. The minimum Gasteiger partial charge on any atom is -0.103 e. The maximum absolute atomic E-state index is 3.66.